The number of hydrogen-bond acceptors (Lipinski definition) is 3. The summed E-state index contributed by atoms with van der Waals surface area (Å²) in [7, 11) is 0. The molecule has 1 amide bonds. The van der Waals surface area contributed by atoms with Crippen LogP contribution in [0.3, 0.4) is 0 Å². The number of nitrogens with zero attached hydrogens (tertiary/aromatic N) is 1. The lowest BCUT2D eigenvalue weighted by molar-refractivity contribution is 0.0998. The van der Waals surface area contributed by atoms with Gasteiger partial charge in [0.05, 0.1) is 5.56 Å². The van der Waals surface area contributed by atoms with Gasteiger partial charge in [-0.15, -0.1) is 0 Å². The molecule has 114 valence electrons. The molecule has 0 spiro atoms. The van der Waals surface area contributed by atoms with Crippen LogP contribution in [0, 0.1) is 0 Å². The molecule has 5 nitrogen and oxygen atoms in total. The topological polar surface area (TPSA) is 88.8 Å². The largest absolute Gasteiger partial charge is 0.366 e. The summed E-state index contributed by atoms with van der Waals surface area (Å²) in [5.74, 6) is -0.530. The molecule has 3 aromatic rings. The second-order valence-electron chi connectivity index (χ2n) is 6.37. The number of aromatic amines is 1. The van der Waals surface area contributed by atoms with Gasteiger partial charge in [0.15, 0.2) is 5.78 Å². The van der Waals surface area contributed by atoms with Crippen LogP contribution in [0.5, 0.6) is 0 Å². The van der Waals surface area contributed by atoms with Crippen LogP contribution >= 0.6 is 0 Å². The quantitative estimate of drug-likeness (QED) is 0.724. The molecular formula is C18H15N3O2. The van der Waals surface area contributed by atoms with Crippen LogP contribution in [-0.2, 0) is 5.41 Å². The van der Waals surface area contributed by atoms with Gasteiger partial charge in [0.2, 0.25) is 5.91 Å². The molecule has 23 heavy (non-hydrogen) atoms. The first-order valence-electron chi connectivity index (χ1n) is 7.36. The predicted octanol–water partition coefficient (Wildman–Crippen LogP) is 2.53. The molecule has 0 atom stereocenters. The number of carbonyl (C=O) groups excluding carboxylic acids is 2. The lowest BCUT2D eigenvalue weighted by atomic mass is 9.72. The van der Waals surface area contributed by atoms with E-state index in [0.29, 0.717) is 16.7 Å². The fourth-order valence-corrected chi connectivity index (χ4v) is 3.45. The zero-order chi connectivity index (χ0) is 16.4. The molecule has 1 aliphatic rings. The summed E-state index contributed by atoms with van der Waals surface area (Å²) >= 11 is 0. The van der Waals surface area contributed by atoms with Crippen LogP contribution in [0.1, 0.15) is 51.4 Å². The highest BCUT2D eigenvalue weighted by molar-refractivity contribution is 6.20. The van der Waals surface area contributed by atoms with E-state index in [9.17, 15) is 9.59 Å². The third-order valence-electron chi connectivity index (χ3n) is 4.67. The Balaban J connectivity index is 2.07. The molecule has 2 heterocycles. The number of carbonyl (C=O) groups is 2. The zero-order valence-electron chi connectivity index (χ0n) is 12.8. The molecule has 0 saturated carbocycles. The van der Waals surface area contributed by atoms with E-state index in [1.165, 1.54) is 0 Å². The Morgan fingerprint density at radius 1 is 1.26 bits per heavy atom. The van der Waals surface area contributed by atoms with Crippen molar-refractivity contribution in [3.63, 3.8) is 0 Å². The number of H-pyrrole nitrogens is 1. The van der Waals surface area contributed by atoms with Crippen LogP contribution < -0.4 is 5.73 Å². The number of fused-ring (bicyclic) bond motifs is 4. The maximum Gasteiger partial charge on any atom is 0.248 e. The van der Waals surface area contributed by atoms with E-state index < -0.39 is 5.91 Å². The Hall–Kier alpha value is -2.95. The summed E-state index contributed by atoms with van der Waals surface area (Å²) in [5, 5.41) is 0.803. The molecule has 1 aromatic carbocycles. The molecule has 0 radical (unpaired) electrons. The van der Waals surface area contributed by atoms with Gasteiger partial charge in [-0.2, -0.15) is 0 Å². The van der Waals surface area contributed by atoms with E-state index in [4.69, 9.17) is 5.73 Å². The number of nitrogens with two attached hydrogens (primary N) is 1. The van der Waals surface area contributed by atoms with Gasteiger partial charge in [0, 0.05) is 45.5 Å². The van der Waals surface area contributed by atoms with Gasteiger partial charge in [-0.05, 0) is 23.8 Å². The smallest absolute Gasteiger partial charge is 0.248 e. The van der Waals surface area contributed by atoms with Crippen molar-refractivity contribution in [2.75, 3.05) is 0 Å². The van der Waals surface area contributed by atoms with Gasteiger partial charge < -0.3 is 10.7 Å². The lowest BCUT2D eigenvalue weighted by Crippen LogP contribution is -2.30. The van der Waals surface area contributed by atoms with Crippen molar-refractivity contribution in [1.82, 2.24) is 9.97 Å². The summed E-state index contributed by atoms with van der Waals surface area (Å²) < 4.78 is 0. The summed E-state index contributed by atoms with van der Waals surface area (Å²) in [6.45, 7) is 4.14. The van der Waals surface area contributed by atoms with Crippen molar-refractivity contribution in [2.45, 2.75) is 19.3 Å². The first-order valence-corrected chi connectivity index (χ1v) is 7.36. The molecule has 1 aliphatic carbocycles. The van der Waals surface area contributed by atoms with Gasteiger partial charge in [-0.1, -0.05) is 19.9 Å². The SMILES string of the molecule is CC1(C)c2ccncc2C(=O)c2c1[nH]c1cc(C(N)=O)ccc21. The minimum atomic E-state index is -0.488. The van der Waals surface area contributed by atoms with E-state index in [-0.39, 0.29) is 11.2 Å². The molecule has 4 rings (SSSR count). The van der Waals surface area contributed by atoms with Crippen LogP contribution in [0.2, 0.25) is 0 Å². The van der Waals surface area contributed by atoms with Crippen LogP contribution in [0.4, 0.5) is 0 Å². The molecule has 0 fully saturated rings. The summed E-state index contributed by atoms with van der Waals surface area (Å²) in [5.41, 5.74) is 9.25. The third-order valence-corrected chi connectivity index (χ3v) is 4.67. The van der Waals surface area contributed by atoms with E-state index >= 15 is 0 Å². The Morgan fingerprint density at radius 3 is 2.78 bits per heavy atom. The fourth-order valence-electron chi connectivity index (χ4n) is 3.45. The van der Waals surface area contributed by atoms with Gasteiger partial charge in [-0.25, -0.2) is 0 Å². The number of pyridine rings is 1. The van der Waals surface area contributed by atoms with Gasteiger partial charge in [-0.3, -0.25) is 14.6 Å². The van der Waals surface area contributed by atoms with E-state index in [1.807, 2.05) is 6.07 Å². The minimum Gasteiger partial charge on any atom is -0.366 e. The van der Waals surface area contributed by atoms with Crippen LogP contribution in [0.15, 0.2) is 36.7 Å². The van der Waals surface area contributed by atoms with Crippen molar-refractivity contribution in [3.8, 4) is 0 Å². The normalized spacial score (nSPS) is 15.3. The van der Waals surface area contributed by atoms with E-state index in [2.05, 4.69) is 23.8 Å². The number of amides is 1. The Bertz CT molecular complexity index is 999. The maximum absolute atomic E-state index is 12.9. The average Bonchev–Trinajstić information content (AvgIpc) is 2.93. The van der Waals surface area contributed by atoms with Crippen molar-refractivity contribution >= 4 is 22.6 Å². The van der Waals surface area contributed by atoms with Gasteiger partial charge >= 0.3 is 0 Å². The number of benzene rings is 1. The standard InChI is InChI=1S/C18H15N3O2/c1-18(2)12-5-6-20-8-11(12)15(22)14-10-4-3-9(17(19)23)7-13(10)21-16(14)18/h3-8,21H,1-2H3,(H2,19,23). The maximum atomic E-state index is 12.9. The highest BCUT2D eigenvalue weighted by Gasteiger charge is 2.39. The molecule has 0 bridgehead atoms. The molecule has 0 saturated heterocycles. The fraction of sp³-hybridized carbons (Fsp3) is 0.167. The highest BCUT2D eigenvalue weighted by atomic mass is 16.1. The monoisotopic (exact) mass is 305 g/mol. The first-order chi connectivity index (χ1) is 10.9. The molecular weight excluding hydrogens is 290 g/mol. The summed E-state index contributed by atoms with van der Waals surface area (Å²) in [6.07, 6.45) is 3.33. The van der Waals surface area contributed by atoms with Gasteiger partial charge in [0.25, 0.3) is 0 Å². The number of primary amides is 1. The summed E-state index contributed by atoms with van der Waals surface area (Å²) in [4.78, 5) is 31.7. The van der Waals surface area contributed by atoms with Crippen LogP contribution in [0.25, 0.3) is 10.9 Å². The Kier molecular flexibility index (Phi) is 2.55. The zero-order valence-corrected chi connectivity index (χ0v) is 12.8. The minimum absolute atomic E-state index is 0.0412. The number of rotatable bonds is 1. The second kappa shape index (κ2) is 4.29. The number of aromatic nitrogens is 2. The second-order valence-corrected chi connectivity index (χ2v) is 6.37. The first kappa shape index (κ1) is 13.7. The van der Waals surface area contributed by atoms with E-state index in [1.54, 1.807) is 30.6 Å². The van der Waals surface area contributed by atoms with Crippen molar-refractivity contribution < 1.29 is 9.59 Å². The van der Waals surface area contributed by atoms with Crippen LogP contribution in [-0.4, -0.2) is 21.7 Å². The van der Waals surface area contributed by atoms with Gasteiger partial charge in [0.1, 0.15) is 0 Å². The molecule has 0 unspecified atom stereocenters. The number of hydrogen-bond donors (Lipinski definition) is 2. The highest BCUT2D eigenvalue weighted by Crippen LogP contribution is 2.43. The number of nitrogens with one attached hydrogen (secondary N) is 1. The number of ketones is 1. The predicted molar refractivity (Wildman–Crippen MR) is 86.6 cm³/mol. The Labute approximate surface area is 132 Å². The molecule has 3 N–H and O–H groups in total. The van der Waals surface area contributed by atoms with E-state index in [0.717, 1.165) is 22.2 Å². The van der Waals surface area contributed by atoms with Crippen molar-refractivity contribution in [1.29, 1.82) is 0 Å². The molecule has 0 aliphatic heterocycles. The third kappa shape index (κ3) is 1.70. The average molecular weight is 305 g/mol. The summed E-state index contributed by atoms with van der Waals surface area (Å²) in [6, 6.07) is 7.01. The lowest BCUT2D eigenvalue weighted by Gasteiger charge is -2.31. The molecule has 5 heteroatoms. The van der Waals surface area contributed by atoms with Crippen molar-refractivity contribution in [2.24, 2.45) is 5.73 Å². The molecule has 2 aromatic heterocycles. The van der Waals surface area contributed by atoms with Crippen molar-refractivity contribution in [3.05, 3.63) is 64.6 Å². The Morgan fingerprint density at radius 2 is 2.04 bits per heavy atom.